The zero-order chi connectivity index (χ0) is 16.5. The van der Waals surface area contributed by atoms with Crippen molar-refractivity contribution in [1.82, 2.24) is 9.88 Å². The van der Waals surface area contributed by atoms with Crippen LogP contribution in [0.25, 0.3) is 0 Å². The Hall–Kier alpha value is -2.73. The Kier molecular flexibility index (Phi) is 3.74. The van der Waals surface area contributed by atoms with Crippen LogP contribution in [0.3, 0.4) is 0 Å². The number of carbonyl (C=O) groups is 2. The van der Waals surface area contributed by atoms with Crippen LogP contribution < -0.4 is 4.90 Å². The monoisotopic (exact) mass is 323 g/mol. The highest BCUT2D eigenvalue weighted by Crippen LogP contribution is 2.29. The first-order chi connectivity index (χ1) is 11.7. The molecule has 0 bridgehead atoms. The summed E-state index contributed by atoms with van der Waals surface area (Å²) in [7, 11) is 0. The Morgan fingerprint density at radius 3 is 2.58 bits per heavy atom. The molecule has 6 heteroatoms. The van der Waals surface area contributed by atoms with Crippen molar-refractivity contribution in [2.24, 2.45) is 0 Å². The molecule has 2 aromatic rings. The van der Waals surface area contributed by atoms with Gasteiger partial charge < -0.3 is 14.5 Å². The SMILES string of the molecule is O=C(c1ccncc1)N1C[C@@H]2OCC(=O)N(c3ccccc3)[C@@H]2C1. The summed E-state index contributed by atoms with van der Waals surface area (Å²) in [6, 6.07) is 12.8. The highest BCUT2D eigenvalue weighted by Gasteiger charge is 2.45. The van der Waals surface area contributed by atoms with Gasteiger partial charge in [-0.15, -0.1) is 0 Å². The lowest BCUT2D eigenvalue weighted by molar-refractivity contribution is -0.130. The van der Waals surface area contributed by atoms with Crippen LogP contribution in [0.5, 0.6) is 0 Å². The fourth-order valence-electron chi connectivity index (χ4n) is 3.37. The number of likely N-dealkylation sites (tertiary alicyclic amines) is 1. The van der Waals surface area contributed by atoms with Crippen LogP contribution in [0.2, 0.25) is 0 Å². The van der Waals surface area contributed by atoms with Crippen LogP contribution in [0, 0.1) is 0 Å². The number of hydrogen-bond acceptors (Lipinski definition) is 4. The molecule has 122 valence electrons. The highest BCUT2D eigenvalue weighted by molar-refractivity contribution is 5.97. The number of amides is 2. The van der Waals surface area contributed by atoms with E-state index in [9.17, 15) is 9.59 Å². The molecule has 1 aromatic carbocycles. The van der Waals surface area contributed by atoms with Gasteiger partial charge in [-0.1, -0.05) is 18.2 Å². The normalized spacial score (nSPS) is 23.2. The fraction of sp³-hybridized carbons (Fsp3) is 0.278. The third-order valence-corrected chi connectivity index (χ3v) is 4.51. The van der Waals surface area contributed by atoms with E-state index >= 15 is 0 Å². The van der Waals surface area contributed by atoms with Gasteiger partial charge in [-0.05, 0) is 24.3 Å². The second kappa shape index (κ2) is 6.05. The third kappa shape index (κ3) is 2.55. The number of benzene rings is 1. The van der Waals surface area contributed by atoms with Gasteiger partial charge in [-0.25, -0.2) is 0 Å². The molecule has 6 nitrogen and oxygen atoms in total. The standard InChI is InChI=1S/C18H17N3O3/c22-17-12-24-16-11-20(18(23)13-6-8-19-9-7-13)10-15(16)21(17)14-4-2-1-3-5-14/h1-9,15-16H,10-12H2/t15-,16+/m1/s1. The Bertz CT molecular complexity index is 751. The van der Waals surface area contributed by atoms with Gasteiger partial charge in [0.15, 0.2) is 0 Å². The van der Waals surface area contributed by atoms with Gasteiger partial charge >= 0.3 is 0 Å². The predicted octanol–water partition coefficient (Wildman–Crippen LogP) is 1.34. The second-order valence-corrected chi connectivity index (χ2v) is 5.96. The van der Waals surface area contributed by atoms with E-state index in [1.807, 2.05) is 30.3 Å². The van der Waals surface area contributed by atoms with Crippen molar-refractivity contribution in [3.05, 3.63) is 60.4 Å². The summed E-state index contributed by atoms with van der Waals surface area (Å²) < 4.78 is 5.68. The molecule has 0 saturated carbocycles. The minimum absolute atomic E-state index is 0.0490. The topological polar surface area (TPSA) is 62.7 Å². The summed E-state index contributed by atoms with van der Waals surface area (Å²) in [4.78, 5) is 32.5. The van der Waals surface area contributed by atoms with Gasteiger partial charge in [0, 0.05) is 36.7 Å². The number of rotatable bonds is 2. The van der Waals surface area contributed by atoms with Crippen molar-refractivity contribution < 1.29 is 14.3 Å². The molecule has 2 saturated heterocycles. The molecular weight excluding hydrogens is 306 g/mol. The van der Waals surface area contributed by atoms with Crippen molar-refractivity contribution >= 4 is 17.5 Å². The molecule has 2 aliphatic rings. The Morgan fingerprint density at radius 2 is 1.83 bits per heavy atom. The van der Waals surface area contributed by atoms with Crippen LogP contribution in [0.4, 0.5) is 5.69 Å². The smallest absolute Gasteiger partial charge is 0.254 e. The number of para-hydroxylation sites is 1. The van der Waals surface area contributed by atoms with E-state index in [1.54, 1.807) is 34.3 Å². The van der Waals surface area contributed by atoms with Crippen molar-refractivity contribution in [2.45, 2.75) is 12.1 Å². The Labute approximate surface area is 139 Å². The molecule has 24 heavy (non-hydrogen) atoms. The molecule has 2 aliphatic heterocycles. The van der Waals surface area contributed by atoms with Crippen molar-refractivity contribution in [2.75, 3.05) is 24.6 Å². The maximum atomic E-state index is 12.7. The first kappa shape index (κ1) is 14.8. The van der Waals surface area contributed by atoms with Gasteiger partial charge in [0.2, 0.25) is 0 Å². The van der Waals surface area contributed by atoms with E-state index < -0.39 is 0 Å². The molecule has 0 aliphatic carbocycles. The molecule has 2 atom stereocenters. The summed E-state index contributed by atoms with van der Waals surface area (Å²) in [5.74, 6) is -0.128. The molecule has 0 N–H and O–H groups in total. The maximum absolute atomic E-state index is 12.7. The molecular formula is C18H17N3O3. The van der Waals surface area contributed by atoms with Crippen molar-refractivity contribution in [3.63, 3.8) is 0 Å². The van der Waals surface area contributed by atoms with Crippen molar-refractivity contribution in [1.29, 1.82) is 0 Å². The van der Waals surface area contributed by atoms with E-state index in [2.05, 4.69) is 4.98 Å². The molecule has 0 radical (unpaired) electrons. The number of carbonyl (C=O) groups excluding carboxylic acids is 2. The number of pyridine rings is 1. The van der Waals surface area contributed by atoms with E-state index in [0.717, 1.165) is 5.69 Å². The maximum Gasteiger partial charge on any atom is 0.254 e. The van der Waals surface area contributed by atoms with Crippen molar-refractivity contribution in [3.8, 4) is 0 Å². The lowest BCUT2D eigenvalue weighted by Crippen LogP contribution is -2.54. The Morgan fingerprint density at radius 1 is 1.08 bits per heavy atom. The zero-order valence-electron chi connectivity index (χ0n) is 13.0. The fourth-order valence-corrected chi connectivity index (χ4v) is 3.37. The van der Waals surface area contributed by atoms with Crippen LogP contribution in [0.1, 0.15) is 10.4 Å². The van der Waals surface area contributed by atoms with Crippen LogP contribution in [-0.2, 0) is 9.53 Å². The van der Waals surface area contributed by atoms with Crippen LogP contribution in [0.15, 0.2) is 54.9 Å². The molecule has 1 aromatic heterocycles. The summed E-state index contributed by atoms with van der Waals surface area (Å²) in [5, 5.41) is 0. The van der Waals surface area contributed by atoms with Crippen LogP contribution >= 0.6 is 0 Å². The van der Waals surface area contributed by atoms with Crippen LogP contribution in [-0.4, -0.2) is 53.5 Å². The average Bonchev–Trinajstić information content (AvgIpc) is 3.06. The minimum atomic E-state index is -0.159. The highest BCUT2D eigenvalue weighted by atomic mass is 16.5. The first-order valence-corrected chi connectivity index (χ1v) is 7.92. The van der Waals surface area contributed by atoms with E-state index in [4.69, 9.17) is 4.74 Å². The number of morpholine rings is 1. The molecule has 4 rings (SSSR count). The summed E-state index contributed by atoms with van der Waals surface area (Å²) >= 11 is 0. The number of nitrogens with zero attached hydrogens (tertiary/aromatic N) is 3. The quantitative estimate of drug-likeness (QED) is 0.837. The molecule has 2 fully saturated rings. The molecule has 0 spiro atoms. The van der Waals surface area contributed by atoms with Gasteiger partial charge in [0.25, 0.3) is 11.8 Å². The lowest BCUT2D eigenvalue weighted by atomic mass is 10.1. The molecule has 0 unspecified atom stereocenters. The number of fused-ring (bicyclic) bond motifs is 1. The predicted molar refractivity (Wildman–Crippen MR) is 87.6 cm³/mol. The van der Waals surface area contributed by atoms with E-state index in [-0.39, 0.29) is 30.6 Å². The number of anilines is 1. The third-order valence-electron chi connectivity index (χ3n) is 4.51. The first-order valence-electron chi connectivity index (χ1n) is 7.92. The van der Waals surface area contributed by atoms with Gasteiger partial charge in [-0.3, -0.25) is 14.6 Å². The zero-order valence-corrected chi connectivity index (χ0v) is 13.0. The average molecular weight is 323 g/mol. The molecule has 2 amide bonds. The second-order valence-electron chi connectivity index (χ2n) is 5.96. The van der Waals surface area contributed by atoms with Gasteiger partial charge in [0.1, 0.15) is 6.61 Å². The van der Waals surface area contributed by atoms with Gasteiger partial charge in [0.05, 0.1) is 12.1 Å². The minimum Gasteiger partial charge on any atom is -0.364 e. The summed E-state index contributed by atoms with van der Waals surface area (Å²) in [6.07, 6.45) is 3.05. The van der Waals surface area contributed by atoms with E-state index in [0.29, 0.717) is 18.7 Å². The van der Waals surface area contributed by atoms with E-state index in [1.165, 1.54) is 0 Å². The number of aromatic nitrogens is 1. The lowest BCUT2D eigenvalue weighted by Gasteiger charge is -2.36. The number of hydrogen-bond donors (Lipinski definition) is 0. The largest absolute Gasteiger partial charge is 0.364 e. The van der Waals surface area contributed by atoms with Gasteiger partial charge in [-0.2, -0.15) is 0 Å². The molecule has 3 heterocycles. The summed E-state index contributed by atoms with van der Waals surface area (Å²) in [6.45, 7) is 1.00. The Balaban J connectivity index is 1.59. The number of ether oxygens (including phenoxy) is 1. The summed E-state index contributed by atoms with van der Waals surface area (Å²) in [5.41, 5.74) is 1.44.